The zero-order chi connectivity index (χ0) is 17.6. The van der Waals surface area contributed by atoms with E-state index in [1.807, 2.05) is 6.07 Å². The molecule has 1 heterocycles. The third-order valence-corrected chi connectivity index (χ3v) is 5.91. The highest BCUT2D eigenvalue weighted by atomic mass is 19.4. The van der Waals surface area contributed by atoms with Crippen molar-refractivity contribution in [3.05, 3.63) is 40.6 Å². The molecular weight excluding hydrogens is 323 g/mol. The maximum atomic E-state index is 13.7. The van der Waals surface area contributed by atoms with Gasteiger partial charge in [-0.3, -0.25) is 0 Å². The first-order valence-electron chi connectivity index (χ1n) is 9.43. The van der Waals surface area contributed by atoms with Gasteiger partial charge in [0.1, 0.15) is 0 Å². The Kier molecular flexibility index (Phi) is 4.17. The van der Waals surface area contributed by atoms with Crippen molar-refractivity contribution in [2.45, 2.75) is 70.4 Å². The summed E-state index contributed by atoms with van der Waals surface area (Å²) in [7, 11) is 0. The SMILES string of the molecule is CCCc1c(C2CCC2)ccc2c(C(=C3CCC3)C(F)(F)F)c[nH]c12. The molecule has 2 saturated carbocycles. The summed E-state index contributed by atoms with van der Waals surface area (Å²) in [5, 5.41) is 0.734. The minimum atomic E-state index is -4.29. The second-order valence-electron chi connectivity index (χ2n) is 7.47. The van der Waals surface area contributed by atoms with Crippen molar-refractivity contribution in [2.24, 2.45) is 0 Å². The average molecular weight is 347 g/mol. The number of H-pyrrole nitrogens is 1. The number of benzene rings is 1. The molecule has 2 aromatic rings. The summed E-state index contributed by atoms with van der Waals surface area (Å²) in [4.78, 5) is 3.21. The molecule has 0 radical (unpaired) electrons. The van der Waals surface area contributed by atoms with Gasteiger partial charge in [-0.25, -0.2) is 0 Å². The zero-order valence-electron chi connectivity index (χ0n) is 14.6. The van der Waals surface area contributed by atoms with Gasteiger partial charge in [-0.1, -0.05) is 37.5 Å². The molecule has 2 fully saturated rings. The monoisotopic (exact) mass is 347 g/mol. The van der Waals surface area contributed by atoms with Crippen molar-refractivity contribution in [2.75, 3.05) is 0 Å². The van der Waals surface area contributed by atoms with Gasteiger partial charge in [0.2, 0.25) is 0 Å². The molecule has 4 rings (SSSR count). The molecule has 0 amide bonds. The first-order valence-corrected chi connectivity index (χ1v) is 9.43. The van der Waals surface area contributed by atoms with E-state index < -0.39 is 11.7 Å². The van der Waals surface area contributed by atoms with Crippen LogP contribution in [-0.2, 0) is 6.42 Å². The van der Waals surface area contributed by atoms with Crippen molar-refractivity contribution in [3.8, 4) is 0 Å². The lowest BCUT2D eigenvalue weighted by molar-refractivity contribution is -0.0698. The smallest absolute Gasteiger partial charge is 0.360 e. The summed E-state index contributed by atoms with van der Waals surface area (Å²) >= 11 is 0. The molecular formula is C21H24F3N. The Hall–Kier alpha value is -1.71. The van der Waals surface area contributed by atoms with E-state index in [4.69, 9.17) is 0 Å². The van der Waals surface area contributed by atoms with Gasteiger partial charge in [0.05, 0.1) is 5.57 Å². The molecule has 1 N–H and O–H groups in total. The number of allylic oxidation sites excluding steroid dienone is 2. The predicted molar refractivity (Wildman–Crippen MR) is 95.7 cm³/mol. The third-order valence-electron chi connectivity index (χ3n) is 5.91. The molecule has 0 saturated heterocycles. The third kappa shape index (κ3) is 2.80. The standard InChI is InChI=1S/C21H24F3N/c1-2-5-16-15(13-6-3-7-13)10-11-17-18(12-25-20(16)17)19(21(22,23)24)14-8-4-9-14/h10-13,25H,2-9H2,1H3. The van der Waals surface area contributed by atoms with E-state index in [0.717, 1.165) is 30.2 Å². The van der Waals surface area contributed by atoms with Gasteiger partial charge in [0.15, 0.2) is 0 Å². The van der Waals surface area contributed by atoms with E-state index >= 15 is 0 Å². The fraction of sp³-hybridized carbons (Fsp3) is 0.524. The van der Waals surface area contributed by atoms with E-state index in [9.17, 15) is 13.2 Å². The second-order valence-corrected chi connectivity index (χ2v) is 7.47. The minimum Gasteiger partial charge on any atom is -0.360 e. The van der Waals surface area contributed by atoms with Crippen molar-refractivity contribution in [1.29, 1.82) is 0 Å². The summed E-state index contributed by atoms with van der Waals surface area (Å²) < 4.78 is 41.2. The Morgan fingerprint density at radius 2 is 1.92 bits per heavy atom. The highest BCUT2D eigenvalue weighted by Gasteiger charge is 2.39. The summed E-state index contributed by atoms with van der Waals surface area (Å²) in [6.07, 6.45) is 4.89. The molecule has 0 atom stereocenters. The van der Waals surface area contributed by atoms with Crippen LogP contribution in [0.15, 0.2) is 23.9 Å². The van der Waals surface area contributed by atoms with Gasteiger partial charge < -0.3 is 4.98 Å². The number of fused-ring (bicyclic) bond motifs is 1. The molecule has 4 heteroatoms. The average Bonchev–Trinajstić information content (AvgIpc) is 2.85. The minimum absolute atomic E-state index is 0.342. The van der Waals surface area contributed by atoms with E-state index in [0.29, 0.717) is 29.9 Å². The quantitative estimate of drug-likeness (QED) is 0.620. The predicted octanol–water partition coefficient (Wildman–Crippen LogP) is 6.89. The van der Waals surface area contributed by atoms with Crippen LogP contribution < -0.4 is 0 Å². The normalized spacial score (nSPS) is 18.3. The number of rotatable bonds is 4. The fourth-order valence-electron chi connectivity index (χ4n) is 4.25. The van der Waals surface area contributed by atoms with Gasteiger partial charge in [0.25, 0.3) is 0 Å². The summed E-state index contributed by atoms with van der Waals surface area (Å²) in [6.45, 7) is 2.13. The molecule has 134 valence electrons. The Labute approximate surface area is 146 Å². The lowest BCUT2D eigenvalue weighted by atomic mass is 9.77. The Balaban J connectivity index is 1.88. The Bertz CT molecular complexity index is 816. The molecule has 0 spiro atoms. The number of aryl methyl sites for hydroxylation is 1. The molecule has 0 unspecified atom stereocenters. The first-order chi connectivity index (χ1) is 12.0. The maximum Gasteiger partial charge on any atom is 0.417 e. The number of aromatic amines is 1. The van der Waals surface area contributed by atoms with Gasteiger partial charge in [-0.05, 0) is 55.6 Å². The number of hydrogen-bond donors (Lipinski definition) is 1. The Morgan fingerprint density at radius 3 is 2.44 bits per heavy atom. The molecule has 2 aliphatic carbocycles. The maximum absolute atomic E-state index is 13.7. The number of halogens is 3. The molecule has 25 heavy (non-hydrogen) atoms. The van der Waals surface area contributed by atoms with E-state index in [2.05, 4.69) is 18.0 Å². The van der Waals surface area contributed by atoms with Gasteiger partial charge in [-0.15, -0.1) is 0 Å². The number of nitrogens with one attached hydrogen (secondary N) is 1. The molecule has 1 aromatic carbocycles. The highest BCUT2D eigenvalue weighted by Crippen LogP contribution is 2.46. The van der Waals surface area contributed by atoms with Crippen LogP contribution in [0.25, 0.3) is 16.5 Å². The largest absolute Gasteiger partial charge is 0.417 e. The summed E-state index contributed by atoms with van der Waals surface area (Å²) in [5.41, 5.74) is 4.00. The highest BCUT2D eigenvalue weighted by molar-refractivity contribution is 5.96. The number of aromatic nitrogens is 1. The van der Waals surface area contributed by atoms with Crippen LogP contribution in [0.3, 0.4) is 0 Å². The van der Waals surface area contributed by atoms with Crippen LogP contribution in [-0.4, -0.2) is 11.2 Å². The first kappa shape index (κ1) is 16.7. The van der Waals surface area contributed by atoms with Crippen LogP contribution in [0.4, 0.5) is 13.2 Å². The van der Waals surface area contributed by atoms with Crippen molar-refractivity contribution < 1.29 is 13.2 Å². The van der Waals surface area contributed by atoms with E-state index in [1.54, 1.807) is 6.20 Å². The fourth-order valence-corrected chi connectivity index (χ4v) is 4.25. The Morgan fingerprint density at radius 1 is 1.16 bits per heavy atom. The van der Waals surface area contributed by atoms with Crippen LogP contribution >= 0.6 is 0 Å². The molecule has 0 aliphatic heterocycles. The lowest BCUT2D eigenvalue weighted by Gasteiger charge is -2.28. The summed E-state index contributed by atoms with van der Waals surface area (Å²) in [5.74, 6) is 0.588. The van der Waals surface area contributed by atoms with Gasteiger partial charge in [-0.2, -0.15) is 13.2 Å². The molecule has 1 aromatic heterocycles. The van der Waals surface area contributed by atoms with E-state index in [-0.39, 0.29) is 0 Å². The van der Waals surface area contributed by atoms with Crippen molar-refractivity contribution in [3.63, 3.8) is 0 Å². The van der Waals surface area contributed by atoms with Crippen LogP contribution in [0.5, 0.6) is 0 Å². The molecule has 1 nitrogen and oxygen atoms in total. The van der Waals surface area contributed by atoms with Crippen molar-refractivity contribution in [1.82, 2.24) is 4.98 Å². The molecule has 0 bridgehead atoms. The number of hydrogen-bond acceptors (Lipinski definition) is 0. The molecule has 2 aliphatic rings. The second kappa shape index (κ2) is 6.22. The van der Waals surface area contributed by atoms with Crippen molar-refractivity contribution >= 4 is 16.5 Å². The lowest BCUT2D eigenvalue weighted by Crippen LogP contribution is -2.16. The zero-order valence-corrected chi connectivity index (χ0v) is 14.6. The topological polar surface area (TPSA) is 15.8 Å². The van der Waals surface area contributed by atoms with Crippen LogP contribution in [0.1, 0.15) is 74.5 Å². The van der Waals surface area contributed by atoms with E-state index in [1.165, 1.54) is 30.4 Å². The van der Waals surface area contributed by atoms with Crippen LogP contribution in [0.2, 0.25) is 0 Å². The number of alkyl halides is 3. The summed E-state index contributed by atoms with van der Waals surface area (Å²) in [6, 6.07) is 4.01. The van der Waals surface area contributed by atoms with Gasteiger partial charge >= 0.3 is 6.18 Å². The van der Waals surface area contributed by atoms with Gasteiger partial charge in [0, 0.05) is 22.7 Å². The van der Waals surface area contributed by atoms with Crippen LogP contribution in [0, 0.1) is 0 Å².